The van der Waals surface area contributed by atoms with E-state index in [1.807, 2.05) is 48.5 Å². The van der Waals surface area contributed by atoms with Gasteiger partial charge in [0.05, 0.1) is 18.2 Å². The van der Waals surface area contributed by atoms with Crippen LogP contribution in [0.15, 0.2) is 54.6 Å². The third-order valence-corrected chi connectivity index (χ3v) is 4.76. The smallest absolute Gasteiger partial charge is 0.257 e. The molecule has 0 aliphatic carbocycles. The Morgan fingerprint density at radius 3 is 2.54 bits per heavy atom. The molecule has 24 heavy (non-hydrogen) atoms. The highest BCUT2D eigenvalue weighted by Crippen LogP contribution is 2.30. The zero-order valence-electron chi connectivity index (χ0n) is 13.4. The lowest BCUT2D eigenvalue weighted by atomic mass is 10.1. The molecule has 2 aromatic rings. The second kappa shape index (κ2) is 5.67. The van der Waals surface area contributed by atoms with Crippen LogP contribution in [0.5, 0.6) is 5.75 Å². The number of carbonyl (C=O) groups is 2. The minimum atomic E-state index is -0.213. The maximum atomic E-state index is 12.7. The van der Waals surface area contributed by atoms with Crippen molar-refractivity contribution in [3.05, 3.63) is 65.7 Å². The van der Waals surface area contributed by atoms with E-state index in [9.17, 15) is 9.59 Å². The van der Waals surface area contributed by atoms with E-state index in [1.165, 1.54) is 0 Å². The van der Waals surface area contributed by atoms with Gasteiger partial charge in [0.2, 0.25) is 0 Å². The van der Waals surface area contributed by atoms with Gasteiger partial charge in [-0.2, -0.15) is 0 Å². The van der Waals surface area contributed by atoms with Crippen LogP contribution in [-0.4, -0.2) is 53.9 Å². The van der Waals surface area contributed by atoms with Crippen LogP contribution in [0.3, 0.4) is 0 Å². The predicted molar refractivity (Wildman–Crippen MR) is 89.1 cm³/mol. The number of hydrogen-bond acceptors (Lipinski definition) is 3. The van der Waals surface area contributed by atoms with Crippen LogP contribution in [0.2, 0.25) is 0 Å². The van der Waals surface area contributed by atoms with E-state index in [1.54, 1.807) is 22.9 Å². The number of fused-ring (bicyclic) bond motifs is 2. The van der Waals surface area contributed by atoms with Crippen LogP contribution in [-0.2, 0) is 0 Å². The molecule has 0 bridgehead atoms. The van der Waals surface area contributed by atoms with E-state index in [0.717, 1.165) is 0 Å². The lowest BCUT2D eigenvalue weighted by Gasteiger charge is -2.25. The van der Waals surface area contributed by atoms with Crippen molar-refractivity contribution >= 4 is 11.8 Å². The standard InChI is InChI=1S/C19H18N2O3/c1-20-15-11-21(18(22)13-7-3-2-4-8-13)12-17(15)24-16-10-6-5-9-14(16)19(20)23/h2-10,15,17H,11-12H2,1H3/t15-,17+/m1/s1. The number of likely N-dealkylation sites (tertiary alicyclic amines) is 1. The van der Waals surface area contributed by atoms with Crippen LogP contribution in [0.4, 0.5) is 0 Å². The monoisotopic (exact) mass is 322 g/mol. The molecule has 122 valence electrons. The summed E-state index contributed by atoms with van der Waals surface area (Å²) in [6.45, 7) is 0.957. The van der Waals surface area contributed by atoms with E-state index in [2.05, 4.69) is 0 Å². The third kappa shape index (κ3) is 2.33. The molecule has 2 aliphatic rings. The van der Waals surface area contributed by atoms with Crippen molar-refractivity contribution in [1.29, 1.82) is 0 Å². The Morgan fingerprint density at radius 2 is 1.75 bits per heavy atom. The second-order valence-electron chi connectivity index (χ2n) is 6.21. The van der Waals surface area contributed by atoms with Gasteiger partial charge in [0, 0.05) is 19.2 Å². The van der Waals surface area contributed by atoms with E-state index in [-0.39, 0.29) is 24.0 Å². The maximum absolute atomic E-state index is 12.7. The van der Waals surface area contributed by atoms with Gasteiger partial charge in [0.25, 0.3) is 11.8 Å². The van der Waals surface area contributed by atoms with Gasteiger partial charge in [-0.1, -0.05) is 30.3 Å². The lowest BCUT2D eigenvalue weighted by Crippen LogP contribution is -2.44. The van der Waals surface area contributed by atoms with Gasteiger partial charge in [-0.15, -0.1) is 0 Å². The summed E-state index contributed by atoms with van der Waals surface area (Å²) in [5, 5.41) is 0. The van der Waals surface area contributed by atoms with E-state index in [4.69, 9.17) is 4.74 Å². The summed E-state index contributed by atoms with van der Waals surface area (Å²) in [6, 6.07) is 16.3. The van der Waals surface area contributed by atoms with Crippen molar-refractivity contribution < 1.29 is 14.3 Å². The summed E-state index contributed by atoms with van der Waals surface area (Å²) in [5.41, 5.74) is 1.23. The van der Waals surface area contributed by atoms with Crippen molar-refractivity contribution in [3.63, 3.8) is 0 Å². The average molecular weight is 322 g/mol. The third-order valence-electron chi connectivity index (χ3n) is 4.76. The SMILES string of the molecule is CN1C(=O)c2ccccc2O[C@H]2CN(C(=O)c3ccccc3)C[C@H]21. The summed E-state index contributed by atoms with van der Waals surface area (Å²) >= 11 is 0. The summed E-state index contributed by atoms with van der Waals surface area (Å²) in [4.78, 5) is 28.8. The highest BCUT2D eigenvalue weighted by molar-refractivity contribution is 5.98. The molecule has 0 saturated carbocycles. The molecule has 1 fully saturated rings. The molecule has 0 aromatic heterocycles. The largest absolute Gasteiger partial charge is 0.486 e. The molecule has 2 aliphatic heterocycles. The number of ether oxygens (including phenoxy) is 1. The number of para-hydroxylation sites is 1. The van der Waals surface area contributed by atoms with Crippen molar-refractivity contribution in [2.75, 3.05) is 20.1 Å². The number of amides is 2. The Balaban J connectivity index is 1.62. The molecular formula is C19H18N2O3. The van der Waals surface area contributed by atoms with Gasteiger partial charge in [0.1, 0.15) is 11.9 Å². The fourth-order valence-electron chi connectivity index (χ4n) is 3.42. The quantitative estimate of drug-likeness (QED) is 0.807. The Morgan fingerprint density at radius 1 is 1.04 bits per heavy atom. The first-order valence-corrected chi connectivity index (χ1v) is 8.02. The van der Waals surface area contributed by atoms with Crippen molar-refractivity contribution in [3.8, 4) is 5.75 Å². The van der Waals surface area contributed by atoms with Gasteiger partial charge >= 0.3 is 0 Å². The van der Waals surface area contributed by atoms with Gasteiger partial charge in [-0.3, -0.25) is 9.59 Å². The molecule has 0 radical (unpaired) electrons. The first kappa shape index (κ1) is 14.8. The van der Waals surface area contributed by atoms with Crippen LogP contribution < -0.4 is 4.74 Å². The minimum Gasteiger partial charge on any atom is -0.486 e. The second-order valence-corrected chi connectivity index (χ2v) is 6.21. The highest BCUT2D eigenvalue weighted by Gasteiger charge is 2.43. The number of hydrogen-bond donors (Lipinski definition) is 0. The summed E-state index contributed by atoms with van der Waals surface area (Å²) in [5.74, 6) is 0.504. The highest BCUT2D eigenvalue weighted by atomic mass is 16.5. The fourth-order valence-corrected chi connectivity index (χ4v) is 3.42. The van der Waals surface area contributed by atoms with Gasteiger partial charge in [-0.25, -0.2) is 0 Å². The Labute approximate surface area is 140 Å². The minimum absolute atomic E-state index is 0.0265. The fraction of sp³-hybridized carbons (Fsp3) is 0.263. The Hall–Kier alpha value is -2.82. The first-order chi connectivity index (χ1) is 11.6. The van der Waals surface area contributed by atoms with Crippen LogP contribution in [0, 0.1) is 0 Å². The zero-order valence-corrected chi connectivity index (χ0v) is 13.4. The Kier molecular flexibility index (Phi) is 3.49. The molecule has 1 saturated heterocycles. The molecule has 5 nitrogen and oxygen atoms in total. The van der Waals surface area contributed by atoms with E-state index < -0.39 is 0 Å². The van der Waals surface area contributed by atoms with Crippen LogP contribution in [0.25, 0.3) is 0 Å². The van der Waals surface area contributed by atoms with Gasteiger partial charge in [-0.05, 0) is 24.3 Å². The molecule has 0 N–H and O–H groups in total. The topological polar surface area (TPSA) is 49.9 Å². The Bertz CT molecular complexity index is 790. The number of rotatable bonds is 1. The number of benzene rings is 2. The zero-order chi connectivity index (χ0) is 16.7. The van der Waals surface area contributed by atoms with Gasteiger partial charge < -0.3 is 14.5 Å². The first-order valence-electron chi connectivity index (χ1n) is 8.02. The molecule has 5 heteroatoms. The average Bonchev–Trinajstić information content (AvgIpc) is 3.01. The lowest BCUT2D eigenvalue weighted by molar-refractivity contribution is 0.0674. The molecule has 0 unspecified atom stereocenters. The summed E-state index contributed by atoms with van der Waals surface area (Å²) in [7, 11) is 1.78. The van der Waals surface area contributed by atoms with Gasteiger partial charge in [0.15, 0.2) is 0 Å². The van der Waals surface area contributed by atoms with Crippen molar-refractivity contribution in [2.24, 2.45) is 0 Å². The van der Waals surface area contributed by atoms with Crippen molar-refractivity contribution in [2.45, 2.75) is 12.1 Å². The van der Waals surface area contributed by atoms with E-state index >= 15 is 0 Å². The van der Waals surface area contributed by atoms with Crippen LogP contribution >= 0.6 is 0 Å². The number of carbonyl (C=O) groups excluding carboxylic acids is 2. The normalized spacial score (nSPS) is 22.5. The maximum Gasteiger partial charge on any atom is 0.257 e. The number of likely N-dealkylation sites (N-methyl/N-ethyl adjacent to an activating group) is 1. The molecule has 4 rings (SSSR count). The molecule has 0 spiro atoms. The number of nitrogens with zero attached hydrogens (tertiary/aromatic N) is 2. The molecule has 2 aromatic carbocycles. The summed E-state index contributed by atoms with van der Waals surface area (Å²) in [6.07, 6.45) is -0.213. The predicted octanol–water partition coefficient (Wildman–Crippen LogP) is 2.04. The molecule has 2 atom stereocenters. The molecule has 2 amide bonds. The molecular weight excluding hydrogens is 304 g/mol. The molecule has 2 heterocycles. The van der Waals surface area contributed by atoms with E-state index in [0.29, 0.717) is 30.0 Å². The summed E-state index contributed by atoms with van der Waals surface area (Å²) < 4.78 is 6.08. The van der Waals surface area contributed by atoms with Crippen LogP contribution in [0.1, 0.15) is 20.7 Å². The van der Waals surface area contributed by atoms with Crippen molar-refractivity contribution in [1.82, 2.24) is 9.80 Å².